The molecule has 118 valence electrons. The van der Waals surface area contributed by atoms with E-state index in [1.165, 1.54) is 11.1 Å². The van der Waals surface area contributed by atoms with E-state index in [4.69, 9.17) is 0 Å². The third-order valence-electron chi connectivity index (χ3n) is 6.32. The highest BCUT2D eigenvalue weighted by Crippen LogP contribution is 2.66. The number of hydrogen-bond donors (Lipinski definition) is 0. The van der Waals surface area contributed by atoms with Gasteiger partial charge in [-0.25, -0.2) is 0 Å². The molecule has 2 fully saturated rings. The van der Waals surface area contributed by atoms with Crippen LogP contribution >= 0.6 is 0 Å². The Morgan fingerprint density at radius 1 is 0.870 bits per heavy atom. The van der Waals surface area contributed by atoms with Gasteiger partial charge in [-0.15, -0.1) is 0 Å². The van der Waals surface area contributed by atoms with Crippen molar-refractivity contribution in [1.82, 2.24) is 0 Å². The molecule has 0 unspecified atom stereocenters. The van der Waals surface area contributed by atoms with E-state index in [1.54, 1.807) is 0 Å². The Bertz CT molecular complexity index is 675. The molecular weight excluding hydrogens is 280 g/mol. The lowest BCUT2D eigenvalue weighted by atomic mass is 9.39. The van der Waals surface area contributed by atoms with Crippen LogP contribution in [0, 0.1) is 17.3 Å². The molecule has 0 amide bonds. The number of ketones is 1. The Kier molecular flexibility index (Phi) is 3.23. The van der Waals surface area contributed by atoms with Crippen LogP contribution in [-0.4, -0.2) is 5.78 Å². The number of carbonyl (C=O) groups excluding carboxylic acids is 1. The Morgan fingerprint density at radius 2 is 1.39 bits per heavy atom. The highest BCUT2D eigenvalue weighted by molar-refractivity contribution is 5.85. The van der Waals surface area contributed by atoms with Gasteiger partial charge in [0.15, 0.2) is 0 Å². The molecule has 2 atom stereocenters. The van der Waals surface area contributed by atoms with E-state index in [1.807, 2.05) is 0 Å². The number of hydrogen-bond acceptors (Lipinski definition) is 1. The van der Waals surface area contributed by atoms with Crippen molar-refractivity contribution in [2.75, 3.05) is 0 Å². The fraction of sp³-hybridized carbons (Fsp3) is 0.409. The molecule has 0 heterocycles. The lowest BCUT2D eigenvalue weighted by Gasteiger charge is -2.63. The highest BCUT2D eigenvalue weighted by Gasteiger charge is 2.64. The van der Waals surface area contributed by atoms with Gasteiger partial charge in [0, 0.05) is 17.8 Å². The highest BCUT2D eigenvalue weighted by atomic mass is 16.1. The van der Waals surface area contributed by atoms with Crippen LogP contribution in [0.25, 0.3) is 0 Å². The first-order valence-corrected chi connectivity index (χ1v) is 8.69. The second kappa shape index (κ2) is 5.06. The Balaban J connectivity index is 1.90. The maximum atomic E-state index is 12.5. The van der Waals surface area contributed by atoms with Crippen molar-refractivity contribution in [3.63, 3.8) is 0 Å². The summed E-state index contributed by atoms with van der Waals surface area (Å²) in [5.74, 6) is 1.12. The third kappa shape index (κ3) is 2.02. The maximum Gasteiger partial charge on any atom is 0.136 e. The van der Waals surface area contributed by atoms with E-state index in [2.05, 4.69) is 74.5 Å². The van der Waals surface area contributed by atoms with Gasteiger partial charge < -0.3 is 0 Å². The Hall–Kier alpha value is -1.89. The minimum Gasteiger partial charge on any atom is -0.299 e. The minimum absolute atomic E-state index is 0.00718. The van der Waals surface area contributed by atoms with Crippen LogP contribution in [0.1, 0.15) is 44.2 Å². The molecule has 2 aliphatic rings. The van der Waals surface area contributed by atoms with E-state index < -0.39 is 0 Å². The molecule has 0 aromatic heterocycles. The van der Waals surface area contributed by atoms with Crippen molar-refractivity contribution in [3.8, 4) is 0 Å². The van der Waals surface area contributed by atoms with Crippen LogP contribution in [0.3, 0.4) is 0 Å². The second-order valence-corrected chi connectivity index (χ2v) is 7.95. The van der Waals surface area contributed by atoms with Crippen molar-refractivity contribution >= 4 is 5.78 Å². The summed E-state index contributed by atoms with van der Waals surface area (Å²) in [6.45, 7) is 4.72. The number of carbonyl (C=O) groups is 1. The van der Waals surface area contributed by atoms with Gasteiger partial charge in [0.05, 0.1) is 0 Å². The third-order valence-corrected chi connectivity index (χ3v) is 6.32. The van der Waals surface area contributed by atoms with Gasteiger partial charge in [-0.3, -0.25) is 4.79 Å². The number of benzene rings is 2. The van der Waals surface area contributed by atoms with Crippen LogP contribution in [0.2, 0.25) is 0 Å². The van der Waals surface area contributed by atoms with Gasteiger partial charge in [0.25, 0.3) is 0 Å². The largest absolute Gasteiger partial charge is 0.299 e. The molecule has 0 saturated heterocycles. The second-order valence-electron chi connectivity index (χ2n) is 7.95. The SMILES string of the molecule is CC1(C)CCC(=O)[C@H]2CC(c3ccccc3)(c3ccccc3)[C@H]21. The van der Waals surface area contributed by atoms with Crippen molar-refractivity contribution in [2.24, 2.45) is 17.3 Å². The molecule has 2 aliphatic carbocycles. The minimum atomic E-state index is -0.00718. The van der Waals surface area contributed by atoms with Crippen molar-refractivity contribution in [1.29, 1.82) is 0 Å². The molecule has 0 aliphatic heterocycles. The molecule has 4 rings (SSSR count). The molecule has 0 radical (unpaired) electrons. The summed E-state index contributed by atoms with van der Waals surface area (Å²) in [5.41, 5.74) is 2.93. The van der Waals surface area contributed by atoms with Crippen molar-refractivity contribution < 1.29 is 4.79 Å². The van der Waals surface area contributed by atoms with Crippen LogP contribution in [0.5, 0.6) is 0 Å². The molecule has 2 aromatic carbocycles. The number of Topliss-reactive ketones (excluding diaryl/α,β-unsaturated/α-hetero) is 1. The first-order chi connectivity index (χ1) is 11.1. The molecule has 0 bridgehead atoms. The molecule has 2 saturated carbocycles. The molecule has 23 heavy (non-hydrogen) atoms. The summed E-state index contributed by atoms with van der Waals surface area (Å²) in [7, 11) is 0. The first kappa shape index (κ1) is 14.7. The van der Waals surface area contributed by atoms with Crippen LogP contribution in [0.15, 0.2) is 60.7 Å². The van der Waals surface area contributed by atoms with Gasteiger partial charge in [-0.05, 0) is 35.3 Å². The summed E-state index contributed by atoms with van der Waals surface area (Å²) in [5, 5.41) is 0. The van der Waals surface area contributed by atoms with E-state index >= 15 is 0 Å². The van der Waals surface area contributed by atoms with Crippen molar-refractivity contribution in [2.45, 2.75) is 38.5 Å². The lowest BCUT2D eigenvalue weighted by molar-refractivity contribution is -0.147. The van der Waals surface area contributed by atoms with E-state index in [9.17, 15) is 4.79 Å². The Morgan fingerprint density at radius 3 is 1.91 bits per heavy atom. The predicted molar refractivity (Wildman–Crippen MR) is 93.3 cm³/mol. The maximum absolute atomic E-state index is 12.5. The molecular formula is C22H24O. The molecule has 1 heteroatoms. The zero-order chi connectivity index (χ0) is 16.1. The van der Waals surface area contributed by atoms with Crippen LogP contribution in [0.4, 0.5) is 0 Å². The quantitative estimate of drug-likeness (QED) is 0.763. The van der Waals surface area contributed by atoms with Crippen LogP contribution in [-0.2, 0) is 10.2 Å². The first-order valence-electron chi connectivity index (χ1n) is 8.69. The number of fused-ring (bicyclic) bond motifs is 1. The summed E-state index contributed by atoms with van der Waals surface area (Å²) in [6.07, 6.45) is 2.73. The van der Waals surface area contributed by atoms with E-state index in [0.29, 0.717) is 11.7 Å². The zero-order valence-electron chi connectivity index (χ0n) is 14.0. The molecule has 0 spiro atoms. The number of rotatable bonds is 2. The average molecular weight is 304 g/mol. The van der Waals surface area contributed by atoms with Gasteiger partial charge >= 0.3 is 0 Å². The summed E-state index contributed by atoms with van der Waals surface area (Å²) in [4.78, 5) is 12.5. The fourth-order valence-electron chi connectivity index (χ4n) is 5.30. The monoisotopic (exact) mass is 304 g/mol. The van der Waals surface area contributed by atoms with Crippen LogP contribution < -0.4 is 0 Å². The van der Waals surface area contributed by atoms with E-state index in [0.717, 1.165) is 19.3 Å². The standard InChI is InChI=1S/C22H24O/c1-21(2)14-13-19(23)18-15-22(20(18)21,16-9-5-3-6-10-16)17-11-7-4-8-12-17/h3-12,18,20H,13-15H2,1-2H3/t18-,20-/m1/s1. The predicted octanol–water partition coefficient (Wildman–Crippen LogP) is 5.00. The van der Waals surface area contributed by atoms with Gasteiger partial charge in [0.1, 0.15) is 5.78 Å². The van der Waals surface area contributed by atoms with E-state index in [-0.39, 0.29) is 16.7 Å². The van der Waals surface area contributed by atoms with Gasteiger partial charge in [0.2, 0.25) is 0 Å². The molecule has 0 N–H and O–H groups in total. The lowest BCUT2D eigenvalue weighted by Crippen LogP contribution is -2.62. The summed E-state index contributed by atoms with van der Waals surface area (Å²) < 4.78 is 0. The summed E-state index contributed by atoms with van der Waals surface area (Å²) in [6, 6.07) is 21.7. The van der Waals surface area contributed by atoms with Gasteiger partial charge in [-0.1, -0.05) is 74.5 Å². The topological polar surface area (TPSA) is 17.1 Å². The zero-order valence-corrected chi connectivity index (χ0v) is 14.0. The average Bonchev–Trinajstić information content (AvgIpc) is 2.53. The molecule has 1 nitrogen and oxygen atoms in total. The molecule has 2 aromatic rings. The normalized spacial score (nSPS) is 27.8. The fourth-order valence-corrected chi connectivity index (χ4v) is 5.30. The van der Waals surface area contributed by atoms with Gasteiger partial charge in [-0.2, -0.15) is 0 Å². The van der Waals surface area contributed by atoms with Crippen molar-refractivity contribution in [3.05, 3.63) is 71.8 Å². The smallest absolute Gasteiger partial charge is 0.136 e. The Labute approximate surface area is 138 Å². The summed E-state index contributed by atoms with van der Waals surface area (Å²) >= 11 is 0.